The Balaban J connectivity index is 1.83. The van der Waals surface area contributed by atoms with E-state index in [0.717, 1.165) is 22.5 Å². The van der Waals surface area contributed by atoms with Gasteiger partial charge >= 0.3 is 0 Å². The standard InChI is InChI=1S/C20H25N5O/c1-11-16(12(2)24-23-11)20(3)17(18(26)25(4)19(21)22-20)15-9-7-14(8-10-15)13-5-6-13/h7-10,13,17H,5-6H2,1-4H3,(H2,21,22)(H,23,24)/t17-,20+/m0/s1. The Labute approximate surface area is 153 Å². The predicted octanol–water partition coefficient (Wildman–Crippen LogP) is 2.90. The van der Waals surface area contributed by atoms with Crippen molar-refractivity contribution in [2.45, 2.75) is 51.0 Å². The van der Waals surface area contributed by atoms with E-state index in [2.05, 4.69) is 39.8 Å². The van der Waals surface area contributed by atoms with E-state index in [9.17, 15) is 4.79 Å². The summed E-state index contributed by atoms with van der Waals surface area (Å²) in [6.45, 7) is 5.89. The van der Waals surface area contributed by atoms with E-state index >= 15 is 0 Å². The molecule has 2 heterocycles. The molecule has 0 unspecified atom stereocenters. The minimum absolute atomic E-state index is 0.0737. The Kier molecular flexibility index (Phi) is 3.68. The number of nitrogens with one attached hydrogen (secondary N) is 3. The lowest BCUT2D eigenvalue weighted by Crippen LogP contribution is -2.62. The molecule has 3 N–H and O–H groups in total. The highest BCUT2D eigenvalue weighted by Gasteiger charge is 2.50. The number of aromatic nitrogens is 2. The Morgan fingerprint density at radius 3 is 2.35 bits per heavy atom. The van der Waals surface area contributed by atoms with E-state index in [1.807, 2.05) is 20.8 Å². The van der Waals surface area contributed by atoms with Gasteiger partial charge in [-0.25, -0.2) is 0 Å². The third kappa shape index (κ3) is 2.43. The summed E-state index contributed by atoms with van der Waals surface area (Å²) >= 11 is 0. The molecule has 136 valence electrons. The van der Waals surface area contributed by atoms with Gasteiger partial charge in [0.1, 0.15) is 0 Å². The summed E-state index contributed by atoms with van der Waals surface area (Å²) < 4.78 is 0. The number of guanidine groups is 1. The number of carbonyl (C=O) groups excluding carboxylic acids is 1. The summed E-state index contributed by atoms with van der Waals surface area (Å²) in [6.07, 6.45) is 2.52. The second kappa shape index (κ2) is 5.69. The van der Waals surface area contributed by atoms with Crippen LogP contribution in [0.3, 0.4) is 0 Å². The maximum Gasteiger partial charge on any atom is 0.239 e. The number of aromatic amines is 1. The molecule has 1 amide bonds. The quantitative estimate of drug-likeness (QED) is 0.795. The fourth-order valence-electron chi connectivity index (χ4n) is 4.33. The largest absolute Gasteiger partial charge is 0.346 e. The molecule has 2 fully saturated rings. The van der Waals surface area contributed by atoms with E-state index in [0.29, 0.717) is 5.92 Å². The van der Waals surface area contributed by atoms with Gasteiger partial charge in [-0.05, 0) is 50.7 Å². The van der Waals surface area contributed by atoms with E-state index in [1.165, 1.54) is 23.3 Å². The fourth-order valence-corrected chi connectivity index (χ4v) is 4.33. The molecule has 1 saturated heterocycles. The van der Waals surface area contributed by atoms with Crippen molar-refractivity contribution < 1.29 is 4.79 Å². The lowest BCUT2D eigenvalue weighted by molar-refractivity contribution is -0.131. The third-order valence-electron chi connectivity index (χ3n) is 5.83. The van der Waals surface area contributed by atoms with Gasteiger partial charge in [0, 0.05) is 18.3 Å². The molecule has 1 aliphatic heterocycles. The molecule has 0 radical (unpaired) electrons. The Hall–Kier alpha value is -2.63. The number of aryl methyl sites for hydroxylation is 2. The van der Waals surface area contributed by atoms with Crippen LogP contribution in [0.4, 0.5) is 0 Å². The molecular formula is C20H25N5O. The summed E-state index contributed by atoms with van der Waals surface area (Å²) in [6, 6.07) is 8.44. The molecule has 4 rings (SSSR count). The maximum absolute atomic E-state index is 13.2. The number of carbonyl (C=O) groups is 1. The Morgan fingerprint density at radius 2 is 1.81 bits per heavy atom. The van der Waals surface area contributed by atoms with Crippen LogP contribution in [0.15, 0.2) is 24.3 Å². The van der Waals surface area contributed by atoms with Crippen LogP contribution in [0.2, 0.25) is 0 Å². The number of benzene rings is 1. The van der Waals surface area contributed by atoms with Gasteiger partial charge in [0.05, 0.1) is 17.2 Å². The summed E-state index contributed by atoms with van der Waals surface area (Å²) in [5.74, 6) is 0.299. The summed E-state index contributed by atoms with van der Waals surface area (Å²) in [5, 5.41) is 18.9. The molecule has 2 atom stereocenters. The first-order valence-electron chi connectivity index (χ1n) is 9.09. The van der Waals surface area contributed by atoms with Gasteiger partial charge in [-0.2, -0.15) is 5.10 Å². The van der Waals surface area contributed by atoms with Crippen molar-refractivity contribution in [2.75, 3.05) is 7.05 Å². The van der Waals surface area contributed by atoms with Crippen molar-refractivity contribution in [3.8, 4) is 0 Å². The van der Waals surface area contributed by atoms with Crippen LogP contribution >= 0.6 is 0 Å². The highest BCUT2D eigenvalue weighted by molar-refractivity contribution is 6.02. The fraction of sp³-hybridized carbons (Fsp3) is 0.450. The Morgan fingerprint density at radius 1 is 1.19 bits per heavy atom. The zero-order chi connectivity index (χ0) is 18.6. The Bertz CT molecular complexity index is 861. The summed E-state index contributed by atoms with van der Waals surface area (Å²) in [7, 11) is 1.65. The van der Waals surface area contributed by atoms with Crippen molar-refractivity contribution >= 4 is 11.9 Å². The van der Waals surface area contributed by atoms with Crippen LogP contribution in [0.1, 0.15) is 59.7 Å². The highest BCUT2D eigenvalue weighted by Crippen LogP contribution is 2.44. The van der Waals surface area contributed by atoms with Crippen LogP contribution in [-0.2, 0) is 10.3 Å². The van der Waals surface area contributed by atoms with Gasteiger partial charge in [0.2, 0.25) is 5.91 Å². The number of rotatable bonds is 3. The molecule has 0 bridgehead atoms. The first-order chi connectivity index (χ1) is 12.3. The maximum atomic E-state index is 13.2. The molecule has 2 aromatic rings. The van der Waals surface area contributed by atoms with Crippen LogP contribution in [-0.4, -0.2) is 34.0 Å². The van der Waals surface area contributed by atoms with Crippen molar-refractivity contribution in [3.63, 3.8) is 0 Å². The molecule has 1 aliphatic carbocycles. The average molecular weight is 351 g/mol. The summed E-state index contributed by atoms with van der Waals surface area (Å²) in [4.78, 5) is 14.6. The molecule has 0 spiro atoms. The lowest BCUT2D eigenvalue weighted by atomic mass is 9.72. The van der Waals surface area contributed by atoms with Crippen molar-refractivity contribution in [3.05, 3.63) is 52.3 Å². The van der Waals surface area contributed by atoms with Gasteiger partial charge in [0.15, 0.2) is 5.96 Å². The number of nitrogens with zero attached hydrogens (tertiary/aromatic N) is 2. The monoisotopic (exact) mass is 351 g/mol. The van der Waals surface area contributed by atoms with Crippen LogP contribution in [0.25, 0.3) is 0 Å². The van der Waals surface area contributed by atoms with Crippen LogP contribution in [0, 0.1) is 19.3 Å². The number of amides is 1. The zero-order valence-electron chi connectivity index (χ0n) is 15.7. The van der Waals surface area contributed by atoms with Gasteiger partial charge in [0.25, 0.3) is 0 Å². The molecule has 1 aromatic carbocycles. The lowest BCUT2D eigenvalue weighted by Gasteiger charge is -2.46. The first-order valence-corrected chi connectivity index (χ1v) is 9.09. The van der Waals surface area contributed by atoms with Gasteiger partial charge in [-0.1, -0.05) is 24.3 Å². The van der Waals surface area contributed by atoms with E-state index < -0.39 is 11.5 Å². The normalized spacial score (nSPS) is 26.2. The van der Waals surface area contributed by atoms with Crippen molar-refractivity contribution in [1.29, 1.82) is 5.41 Å². The minimum Gasteiger partial charge on any atom is -0.346 e. The summed E-state index contributed by atoms with van der Waals surface area (Å²) in [5.41, 5.74) is 4.31. The topological polar surface area (TPSA) is 84.9 Å². The van der Waals surface area contributed by atoms with E-state index in [1.54, 1.807) is 7.05 Å². The SMILES string of the molecule is Cc1n[nH]c(C)c1[C@@]1(C)NC(=N)N(C)C(=O)[C@@H]1c1ccc(C2CC2)cc1. The molecule has 26 heavy (non-hydrogen) atoms. The highest BCUT2D eigenvalue weighted by atomic mass is 16.2. The minimum atomic E-state index is -0.733. The molecular weight excluding hydrogens is 326 g/mol. The van der Waals surface area contributed by atoms with Crippen molar-refractivity contribution in [2.24, 2.45) is 0 Å². The smallest absolute Gasteiger partial charge is 0.239 e. The van der Waals surface area contributed by atoms with Gasteiger partial charge < -0.3 is 5.32 Å². The number of hydrogen-bond acceptors (Lipinski definition) is 3. The van der Waals surface area contributed by atoms with Crippen LogP contribution < -0.4 is 5.32 Å². The van der Waals surface area contributed by atoms with E-state index in [-0.39, 0.29) is 11.9 Å². The average Bonchev–Trinajstić information content (AvgIpc) is 3.38. The van der Waals surface area contributed by atoms with Gasteiger partial charge in [-0.3, -0.25) is 20.2 Å². The predicted molar refractivity (Wildman–Crippen MR) is 100 cm³/mol. The van der Waals surface area contributed by atoms with Crippen molar-refractivity contribution in [1.82, 2.24) is 20.4 Å². The molecule has 2 aliphatic rings. The first kappa shape index (κ1) is 16.8. The molecule has 6 heteroatoms. The van der Waals surface area contributed by atoms with Crippen LogP contribution in [0.5, 0.6) is 0 Å². The number of hydrogen-bond donors (Lipinski definition) is 3. The van der Waals surface area contributed by atoms with E-state index in [4.69, 9.17) is 5.41 Å². The zero-order valence-corrected chi connectivity index (χ0v) is 15.7. The molecule has 6 nitrogen and oxygen atoms in total. The van der Waals surface area contributed by atoms with Gasteiger partial charge in [-0.15, -0.1) is 0 Å². The second-order valence-corrected chi connectivity index (χ2v) is 7.76. The number of likely N-dealkylation sites (N-methyl/N-ethyl adjacent to an activating group) is 1. The third-order valence-corrected chi connectivity index (χ3v) is 5.83. The molecule has 1 saturated carbocycles. The number of H-pyrrole nitrogens is 1. The molecule has 1 aromatic heterocycles. The second-order valence-electron chi connectivity index (χ2n) is 7.76.